The third-order valence-corrected chi connectivity index (χ3v) is 10.8. The SMILES string of the molecule is CC(=O)OC1O[C@@H]([C@@H](C)OC(C)=O)[C@@H](C)[C@@H](C)[C@@H]1OC(C)=O.CC1(C)OC2O[C@@H](C=O)[C@H]3OC(C)(C)OC3[C@@H]2O1.C[C@@H](O)[C@@H]1OC2OC(C)(C)O[C@H]2C2OC(C)(C)O[C@@H]21. The largest absolute Gasteiger partial charge is 0.460 e. The standard InChI is InChI=1S/C15H24O7.C13H22O6.C12H18O6/c1-7-8(2)14(20-11(5)17)15(21-12(6)18)22-13(7)9(3)19-10(4)16;1-6(14)7-8-9(17-12(2,3)16-8)10-11(15-7)19-13(4,5)18-10;1-11(2)15-7-6(5-13)14-10-9(8(7)16-11)17-12(3,4)18-10/h7-9,13-15H,1-6H3;6-11,14H,1-5H3;5-10H,1-4H3/t7-,8+,9+,13+,14-,15?;6-,7+,8-,9?,10+,11?;6-,7+,8?,9-,10?/m010/s1. The highest BCUT2D eigenvalue weighted by Gasteiger charge is 2.62. The lowest BCUT2D eigenvalue weighted by molar-refractivity contribution is -0.279. The predicted octanol–water partition coefficient (Wildman–Crippen LogP) is 2.78. The first-order valence-electron chi connectivity index (χ1n) is 20.2. The Labute approximate surface area is 345 Å². The van der Waals surface area contributed by atoms with E-state index in [1.54, 1.807) is 27.7 Å². The highest BCUT2D eigenvalue weighted by Crippen LogP contribution is 2.46. The van der Waals surface area contributed by atoms with Crippen molar-refractivity contribution in [3.63, 3.8) is 0 Å². The summed E-state index contributed by atoms with van der Waals surface area (Å²) in [4.78, 5) is 44.8. The maximum absolute atomic E-state index is 11.3. The van der Waals surface area contributed by atoms with Gasteiger partial charge in [-0.3, -0.25) is 14.4 Å². The highest BCUT2D eigenvalue weighted by atomic mass is 16.9. The van der Waals surface area contributed by atoms with Crippen LogP contribution in [0.5, 0.6) is 0 Å². The maximum atomic E-state index is 11.3. The zero-order valence-corrected chi connectivity index (χ0v) is 36.7. The van der Waals surface area contributed by atoms with Crippen molar-refractivity contribution in [1.29, 1.82) is 0 Å². The van der Waals surface area contributed by atoms with E-state index in [-0.39, 0.29) is 42.4 Å². The molecule has 0 spiro atoms. The number of aliphatic hydroxyl groups is 1. The van der Waals surface area contributed by atoms with Crippen LogP contribution >= 0.6 is 0 Å². The number of fused-ring (bicyclic) bond motifs is 6. The minimum Gasteiger partial charge on any atom is -0.460 e. The van der Waals surface area contributed by atoms with Gasteiger partial charge in [0.25, 0.3) is 0 Å². The number of rotatable bonds is 6. The van der Waals surface area contributed by atoms with E-state index in [1.807, 2.05) is 55.4 Å². The van der Waals surface area contributed by atoms with Gasteiger partial charge in [-0.1, -0.05) is 13.8 Å². The zero-order valence-electron chi connectivity index (χ0n) is 36.7. The van der Waals surface area contributed by atoms with Gasteiger partial charge in [-0.15, -0.1) is 0 Å². The van der Waals surface area contributed by atoms with E-state index in [0.29, 0.717) is 0 Å². The number of carbonyl (C=O) groups is 4. The van der Waals surface area contributed by atoms with Crippen molar-refractivity contribution in [2.75, 3.05) is 0 Å². The summed E-state index contributed by atoms with van der Waals surface area (Å²) < 4.78 is 79.0. The normalized spacial score (nSPS) is 42.7. The lowest BCUT2D eigenvalue weighted by Crippen LogP contribution is -2.57. The van der Waals surface area contributed by atoms with E-state index >= 15 is 0 Å². The average molecular weight is 849 g/mol. The second-order valence-electron chi connectivity index (χ2n) is 17.8. The van der Waals surface area contributed by atoms with Crippen LogP contribution in [0.3, 0.4) is 0 Å². The topological polar surface area (TPSA) is 218 Å². The Morgan fingerprint density at radius 1 is 0.559 bits per heavy atom. The molecule has 0 aromatic heterocycles. The van der Waals surface area contributed by atoms with E-state index in [2.05, 4.69) is 0 Å². The maximum Gasteiger partial charge on any atom is 0.305 e. The lowest BCUT2D eigenvalue weighted by atomic mass is 9.81. The molecule has 338 valence electrons. The molecular weight excluding hydrogens is 784 g/mol. The summed E-state index contributed by atoms with van der Waals surface area (Å²) >= 11 is 0. The van der Waals surface area contributed by atoms with E-state index in [4.69, 9.17) is 66.3 Å². The van der Waals surface area contributed by atoms with Crippen LogP contribution in [0.4, 0.5) is 0 Å². The summed E-state index contributed by atoms with van der Waals surface area (Å²) in [6, 6.07) is 0. The summed E-state index contributed by atoms with van der Waals surface area (Å²) in [6.07, 6.45) is -7.07. The monoisotopic (exact) mass is 848 g/mol. The molecule has 0 bridgehead atoms. The van der Waals surface area contributed by atoms with E-state index in [1.165, 1.54) is 20.8 Å². The predicted molar refractivity (Wildman–Crippen MR) is 198 cm³/mol. The molecule has 7 aliphatic rings. The molecule has 7 heterocycles. The van der Waals surface area contributed by atoms with Crippen LogP contribution < -0.4 is 0 Å². The number of aliphatic hydroxyl groups excluding tert-OH is 1. The Hall–Kier alpha value is -2.40. The Morgan fingerprint density at radius 3 is 1.47 bits per heavy atom. The van der Waals surface area contributed by atoms with Gasteiger partial charge in [0, 0.05) is 26.7 Å². The minimum atomic E-state index is -1.02. The molecule has 0 aliphatic carbocycles. The molecule has 17 atom stereocenters. The van der Waals surface area contributed by atoms with Crippen LogP contribution in [0.15, 0.2) is 0 Å². The molecule has 0 saturated carbocycles. The third kappa shape index (κ3) is 11.2. The Morgan fingerprint density at radius 2 is 1.00 bits per heavy atom. The van der Waals surface area contributed by atoms with E-state index in [9.17, 15) is 24.3 Å². The molecule has 7 saturated heterocycles. The molecule has 0 aromatic carbocycles. The van der Waals surface area contributed by atoms with Crippen LogP contribution in [-0.2, 0) is 85.5 Å². The highest BCUT2D eigenvalue weighted by molar-refractivity contribution is 5.67. The Bertz CT molecular complexity index is 1510. The van der Waals surface area contributed by atoms with Gasteiger partial charge in [0.1, 0.15) is 61.0 Å². The van der Waals surface area contributed by atoms with Gasteiger partial charge in [0.15, 0.2) is 48.1 Å². The number of hydrogen-bond donors (Lipinski definition) is 1. The van der Waals surface area contributed by atoms with E-state index < -0.39 is 103 Å². The van der Waals surface area contributed by atoms with Crippen molar-refractivity contribution < 1.29 is 90.6 Å². The van der Waals surface area contributed by atoms with Gasteiger partial charge >= 0.3 is 17.9 Å². The molecule has 19 nitrogen and oxygen atoms in total. The van der Waals surface area contributed by atoms with Gasteiger partial charge in [0.05, 0.1) is 6.10 Å². The van der Waals surface area contributed by atoms with Crippen molar-refractivity contribution in [3.05, 3.63) is 0 Å². The number of ether oxygens (including phenoxy) is 14. The molecule has 0 amide bonds. The molecular formula is C40H64O19. The van der Waals surface area contributed by atoms with Crippen LogP contribution in [0.1, 0.15) is 104 Å². The summed E-state index contributed by atoms with van der Waals surface area (Å²) in [5.74, 6) is -4.55. The molecule has 59 heavy (non-hydrogen) atoms. The van der Waals surface area contributed by atoms with E-state index in [0.717, 1.165) is 6.29 Å². The van der Waals surface area contributed by atoms with Gasteiger partial charge in [-0.05, 0) is 75.2 Å². The van der Waals surface area contributed by atoms with Crippen molar-refractivity contribution in [3.8, 4) is 0 Å². The number of carbonyl (C=O) groups excluding carboxylic acids is 4. The molecule has 5 unspecified atom stereocenters. The van der Waals surface area contributed by atoms with Crippen molar-refractivity contribution in [1.82, 2.24) is 0 Å². The Balaban J connectivity index is 0.000000169. The molecule has 7 rings (SSSR count). The van der Waals surface area contributed by atoms with Gasteiger partial charge < -0.3 is 76.2 Å². The second kappa shape index (κ2) is 17.8. The minimum absolute atomic E-state index is 0.0643. The van der Waals surface area contributed by atoms with Gasteiger partial charge in [0.2, 0.25) is 6.29 Å². The first kappa shape index (κ1) is 47.6. The Kier molecular flexibility index (Phi) is 14.3. The van der Waals surface area contributed by atoms with Crippen LogP contribution in [0, 0.1) is 11.8 Å². The number of hydrogen-bond acceptors (Lipinski definition) is 19. The third-order valence-electron chi connectivity index (χ3n) is 10.8. The smallest absolute Gasteiger partial charge is 0.305 e. The first-order chi connectivity index (χ1) is 27.1. The fourth-order valence-corrected chi connectivity index (χ4v) is 8.47. The second-order valence-corrected chi connectivity index (χ2v) is 17.8. The zero-order chi connectivity index (χ0) is 44.2. The summed E-state index contributed by atoms with van der Waals surface area (Å²) in [5.41, 5.74) is 0. The van der Waals surface area contributed by atoms with Crippen LogP contribution in [0.25, 0.3) is 0 Å². The quantitative estimate of drug-likeness (QED) is 0.231. The van der Waals surface area contributed by atoms with Gasteiger partial charge in [-0.2, -0.15) is 0 Å². The summed E-state index contributed by atoms with van der Waals surface area (Å²) in [5, 5.41) is 9.89. The molecule has 7 aliphatic heterocycles. The van der Waals surface area contributed by atoms with Crippen molar-refractivity contribution in [2.24, 2.45) is 11.8 Å². The first-order valence-corrected chi connectivity index (χ1v) is 20.2. The van der Waals surface area contributed by atoms with Crippen LogP contribution in [-0.4, -0.2) is 145 Å². The molecule has 0 aromatic rings. The number of aldehydes is 1. The summed E-state index contributed by atoms with van der Waals surface area (Å²) in [7, 11) is 0. The lowest BCUT2D eigenvalue weighted by Gasteiger charge is -2.44. The van der Waals surface area contributed by atoms with Crippen LogP contribution in [0.2, 0.25) is 0 Å². The average Bonchev–Trinajstić information content (AvgIpc) is 3.79. The van der Waals surface area contributed by atoms with Crippen molar-refractivity contribution in [2.45, 2.75) is 219 Å². The van der Waals surface area contributed by atoms with Crippen molar-refractivity contribution >= 4 is 24.2 Å². The molecule has 7 fully saturated rings. The molecule has 19 heteroatoms. The van der Waals surface area contributed by atoms with Gasteiger partial charge in [-0.25, -0.2) is 0 Å². The number of esters is 3. The molecule has 1 N–H and O–H groups in total. The molecule has 0 radical (unpaired) electrons. The fourth-order valence-electron chi connectivity index (χ4n) is 8.47. The fraction of sp³-hybridized carbons (Fsp3) is 0.900. The summed E-state index contributed by atoms with van der Waals surface area (Å²) in [6.45, 7) is 25.6.